The second kappa shape index (κ2) is 3.61. The Bertz CT molecular complexity index is 436. The molecule has 0 aromatic carbocycles. The maximum Gasteiger partial charge on any atom is 0.465 e. The lowest BCUT2D eigenvalue weighted by atomic mass is 9.97. The molecule has 5 nitrogen and oxygen atoms in total. The van der Waals surface area contributed by atoms with Crippen molar-refractivity contribution in [3.63, 3.8) is 0 Å². The Labute approximate surface area is 96.9 Å². The molecule has 0 spiro atoms. The Morgan fingerprint density at radius 1 is 1.35 bits per heavy atom. The fourth-order valence-electron chi connectivity index (χ4n) is 2.64. The Morgan fingerprint density at radius 2 is 1.88 bits per heavy atom. The molecule has 2 rings (SSSR count). The van der Waals surface area contributed by atoms with Crippen LogP contribution in [-0.2, 0) is 19.6 Å². The third-order valence-electron chi connectivity index (χ3n) is 3.55. The molecule has 1 N–H and O–H groups in total. The third-order valence-corrected chi connectivity index (χ3v) is 4.36. The summed E-state index contributed by atoms with van der Waals surface area (Å²) in [5.41, 5.74) is -0.949. The number of halogens is 2. The zero-order valence-electron chi connectivity index (χ0n) is 8.86. The molecule has 8 heteroatoms. The first-order valence-electron chi connectivity index (χ1n) is 5.25. The van der Waals surface area contributed by atoms with Gasteiger partial charge in [0.15, 0.2) is 0 Å². The number of fused-ring (bicyclic) bond motifs is 2. The summed E-state index contributed by atoms with van der Waals surface area (Å²) in [6, 6.07) is 0. The molecule has 0 radical (unpaired) electrons. The topological polar surface area (TPSA) is 80.7 Å². The number of hydrogen-bond donors (Lipinski definition) is 1. The number of rotatable bonds is 3. The summed E-state index contributed by atoms with van der Waals surface area (Å²) < 4.78 is 59.7. The zero-order valence-corrected chi connectivity index (χ0v) is 9.67. The van der Waals surface area contributed by atoms with Gasteiger partial charge in [-0.1, -0.05) is 0 Å². The normalized spacial score (nSPS) is 32.8. The van der Waals surface area contributed by atoms with Crippen molar-refractivity contribution in [1.29, 1.82) is 0 Å². The highest BCUT2D eigenvalue weighted by Gasteiger charge is 2.58. The lowest BCUT2D eigenvalue weighted by Crippen LogP contribution is -2.43. The van der Waals surface area contributed by atoms with Crippen molar-refractivity contribution in [2.75, 3.05) is 0 Å². The number of hydrogen-bond acceptors (Lipinski definition) is 4. The van der Waals surface area contributed by atoms with Gasteiger partial charge in [0, 0.05) is 0 Å². The molecule has 98 valence electrons. The van der Waals surface area contributed by atoms with E-state index in [-0.39, 0.29) is 0 Å². The standard InChI is InChI=1S/C9H12F2O5S/c10-9(11,17(13,14)15)7(12)16-8-3-1-6(5-8)2-4-8/h6H,1-5H2,(H,13,14,15). The minimum Gasteiger partial charge on any atom is -0.454 e. The number of ether oxygens (including phenoxy) is 1. The van der Waals surface area contributed by atoms with E-state index in [1.54, 1.807) is 0 Å². The molecule has 2 saturated carbocycles. The second-order valence-corrected chi connectivity index (χ2v) is 6.17. The van der Waals surface area contributed by atoms with Gasteiger partial charge in [-0.15, -0.1) is 0 Å². The minimum absolute atomic E-state index is 0.363. The average Bonchev–Trinajstić information content (AvgIpc) is 2.75. The van der Waals surface area contributed by atoms with Crippen LogP contribution in [0.2, 0.25) is 0 Å². The van der Waals surface area contributed by atoms with E-state index in [4.69, 9.17) is 4.55 Å². The molecule has 0 heterocycles. The van der Waals surface area contributed by atoms with Gasteiger partial charge < -0.3 is 4.74 Å². The molecule has 2 bridgehead atoms. The van der Waals surface area contributed by atoms with Crippen LogP contribution < -0.4 is 0 Å². The lowest BCUT2D eigenvalue weighted by molar-refractivity contribution is -0.177. The largest absolute Gasteiger partial charge is 0.465 e. The summed E-state index contributed by atoms with van der Waals surface area (Å²) in [5, 5.41) is -4.89. The molecular weight excluding hydrogens is 258 g/mol. The zero-order chi connectivity index (χ0) is 12.9. The molecule has 0 amide bonds. The van der Waals surface area contributed by atoms with E-state index in [0.29, 0.717) is 25.2 Å². The fourth-order valence-corrected chi connectivity index (χ4v) is 2.90. The smallest absolute Gasteiger partial charge is 0.454 e. The predicted octanol–water partition coefficient (Wildman–Crippen LogP) is 1.34. The van der Waals surface area contributed by atoms with E-state index in [1.807, 2.05) is 0 Å². The van der Waals surface area contributed by atoms with Crippen molar-refractivity contribution in [2.45, 2.75) is 43.0 Å². The van der Waals surface area contributed by atoms with Crippen LogP contribution in [0.25, 0.3) is 0 Å². The van der Waals surface area contributed by atoms with Crippen molar-refractivity contribution < 1.29 is 31.3 Å². The minimum atomic E-state index is -5.77. The van der Waals surface area contributed by atoms with Crippen LogP contribution in [-0.4, -0.2) is 29.8 Å². The van der Waals surface area contributed by atoms with Gasteiger partial charge in [0.1, 0.15) is 5.60 Å². The first-order chi connectivity index (χ1) is 7.66. The second-order valence-electron chi connectivity index (χ2n) is 4.71. The van der Waals surface area contributed by atoms with Crippen LogP contribution in [0.3, 0.4) is 0 Å². The Morgan fingerprint density at radius 3 is 2.24 bits per heavy atom. The van der Waals surface area contributed by atoms with Gasteiger partial charge in [0.2, 0.25) is 0 Å². The summed E-state index contributed by atoms with van der Waals surface area (Å²) in [6.07, 6.45) is 3.05. The Balaban J connectivity index is 2.12. The molecule has 2 aliphatic rings. The van der Waals surface area contributed by atoms with Crippen LogP contribution in [0.1, 0.15) is 32.1 Å². The molecule has 0 aromatic heterocycles. The van der Waals surface area contributed by atoms with Crippen molar-refractivity contribution in [1.82, 2.24) is 0 Å². The molecule has 0 unspecified atom stereocenters. The van der Waals surface area contributed by atoms with Gasteiger partial charge in [-0.3, -0.25) is 4.55 Å². The first-order valence-corrected chi connectivity index (χ1v) is 6.69. The molecular formula is C9H12F2O5S. The van der Waals surface area contributed by atoms with Crippen LogP contribution in [0.5, 0.6) is 0 Å². The first kappa shape index (κ1) is 12.7. The fraction of sp³-hybridized carbons (Fsp3) is 0.889. The third kappa shape index (κ3) is 2.03. The maximum absolute atomic E-state index is 13.0. The van der Waals surface area contributed by atoms with E-state index in [1.165, 1.54) is 0 Å². The number of carbonyl (C=O) groups is 1. The summed E-state index contributed by atoms with van der Waals surface area (Å²) in [5.74, 6) is -1.82. The van der Waals surface area contributed by atoms with E-state index < -0.39 is 26.9 Å². The van der Waals surface area contributed by atoms with Crippen LogP contribution in [0, 0.1) is 5.92 Å². The Hall–Kier alpha value is -0.760. The van der Waals surface area contributed by atoms with E-state index in [2.05, 4.69) is 4.74 Å². The summed E-state index contributed by atoms with van der Waals surface area (Å²) in [6.45, 7) is 0. The number of esters is 1. The summed E-state index contributed by atoms with van der Waals surface area (Å²) in [7, 11) is -5.77. The van der Waals surface area contributed by atoms with Crippen LogP contribution >= 0.6 is 0 Å². The van der Waals surface area contributed by atoms with Gasteiger partial charge in [0.05, 0.1) is 0 Å². The number of alkyl halides is 2. The molecule has 2 aliphatic carbocycles. The van der Waals surface area contributed by atoms with Gasteiger partial charge in [0.25, 0.3) is 0 Å². The van der Waals surface area contributed by atoms with Crippen molar-refractivity contribution >= 4 is 16.1 Å². The van der Waals surface area contributed by atoms with E-state index >= 15 is 0 Å². The molecule has 0 saturated heterocycles. The van der Waals surface area contributed by atoms with Crippen molar-refractivity contribution in [3.05, 3.63) is 0 Å². The predicted molar refractivity (Wildman–Crippen MR) is 51.9 cm³/mol. The van der Waals surface area contributed by atoms with Gasteiger partial charge in [-0.05, 0) is 38.0 Å². The Kier molecular flexibility index (Phi) is 2.70. The highest BCUT2D eigenvalue weighted by atomic mass is 32.2. The molecule has 17 heavy (non-hydrogen) atoms. The van der Waals surface area contributed by atoms with Gasteiger partial charge >= 0.3 is 21.3 Å². The maximum atomic E-state index is 13.0. The highest BCUT2D eigenvalue weighted by molar-refractivity contribution is 7.87. The molecule has 0 atom stereocenters. The molecule has 0 aliphatic heterocycles. The highest BCUT2D eigenvalue weighted by Crippen LogP contribution is 2.50. The number of carbonyl (C=O) groups excluding carboxylic acids is 1. The van der Waals surface area contributed by atoms with Gasteiger partial charge in [-0.2, -0.15) is 17.2 Å². The molecule has 2 fully saturated rings. The van der Waals surface area contributed by atoms with Crippen molar-refractivity contribution in [3.8, 4) is 0 Å². The molecule has 0 aromatic rings. The van der Waals surface area contributed by atoms with Crippen LogP contribution in [0.15, 0.2) is 0 Å². The average molecular weight is 270 g/mol. The summed E-state index contributed by atoms with van der Waals surface area (Å²) in [4.78, 5) is 11.1. The lowest BCUT2D eigenvalue weighted by Gasteiger charge is -2.27. The van der Waals surface area contributed by atoms with Gasteiger partial charge in [-0.25, -0.2) is 4.79 Å². The van der Waals surface area contributed by atoms with Crippen LogP contribution in [0.4, 0.5) is 8.78 Å². The van der Waals surface area contributed by atoms with Crippen molar-refractivity contribution in [2.24, 2.45) is 5.92 Å². The quantitative estimate of drug-likeness (QED) is 0.618. The van der Waals surface area contributed by atoms with E-state index in [0.717, 1.165) is 12.8 Å². The summed E-state index contributed by atoms with van der Waals surface area (Å²) >= 11 is 0. The monoisotopic (exact) mass is 270 g/mol. The van der Waals surface area contributed by atoms with E-state index in [9.17, 15) is 22.0 Å². The SMILES string of the molecule is O=C(OC12CCC(CC1)C2)C(F)(F)S(=O)(=O)O.